The van der Waals surface area contributed by atoms with E-state index < -0.39 is 10.8 Å². The molecule has 0 saturated carbocycles. The summed E-state index contributed by atoms with van der Waals surface area (Å²) in [6.07, 6.45) is 0. The van der Waals surface area contributed by atoms with E-state index in [0.29, 0.717) is 15.8 Å². The number of nitrogens with one attached hydrogen (secondary N) is 1. The van der Waals surface area contributed by atoms with Crippen molar-refractivity contribution in [3.63, 3.8) is 0 Å². The molecule has 0 radical (unpaired) electrons. The molecule has 8 heteroatoms. The van der Waals surface area contributed by atoms with E-state index in [1.54, 1.807) is 18.2 Å². The lowest BCUT2D eigenvalue weighted by molar-refractivity contribution is -0.383. The minimum atomic E-state index is -0.574. The van der Waals surface area contributed by atoms with Crippen molar-refractivity contribution in [2.75, 3.05) is 11.9 Å². The number of nitro benzene ring substituents is 1. The van der Waals surface area contributed by atoms with Crippen LogP contribution in [0, 0.1) is 10.1 Å². The number of para-hydroxylation sites is 2. The zero-order valence-corrected chi connectivity index (χ0v) is 12.6. The smallest absolute Gasteiger partial charge is 0.292 e. The standard InChI is InChI=1S/C14H10Cl2N2O4/c15-10-6-5-9(7-11(10)16)22-8-14(19)17-12-3-1-2-4-13(12)18(20)21/h1-7H,8H2,(H,17,19). The molecular weight excluding hydrogens is 331 g/mol. The maximum atomic E-state index is 11.8. The number of carbonyl (C=O) groups excluding carboxylic acids is 1. The van der Waals surface area contributed by atoms with Crippen molar-refractivity contribution in [3.8, 4) is 5.75 Å². The summed E-state index contributed by atoms with van der Waals surface area (Å²) in [7, 11) is 0. The monoisotopic (exact) mass is 340 g/mol. The van der Waals surface area contributed by atoms with Crippen LogP contribution in [0.2, 0.25) is 10.0 Å². The van der Waals surface area contributed by atoms with E-state index in [1.807, 2.05) is 0 Å². The Hall–Kier alpha value is -2.31. The summed E-state index contributed by atoms with van der Waals surface area (Å²) >= 11 is 11.6. The predicted octanol–water partition coefficient (Wildman–Crippen LogP) is 3.92. The van der Waals surface area contributed by atoms with Gasteiger partial charge in [-0.1, -0.05) is 35.3 Å². The maximum absolute atomic E-state index is 11.8. The molecule has 114 valence electrons. The molecule has 2 aromatic rings. The number of ether oxygens (including phenoxy) is 1. The third-order valence-electron chi connectivity index (χ3n) is 2.64. The van der Waals surface area contributed by atoms with Crippen LogP contribution in [0.5, 0.6) is 5.75 Å². The van der Waals surface area contributed by atoms with Gasteiger partial charge in [0, 0.05) is 12.1 Å². The molecule has 0 spiro atoms. The van der Waals surface area contributed by atoms with Crippen LogP contribution in [0.1, 0.15) is 0 Å². The average Bonchev–Trinajstić information content (AvgIpc) is 2.49. The van der Waals surface area contributed by atoms with Crippen molar-refractivity contribution in [1.29, 1.82) is 0 Å². The van der Waals surface area contributed by atoms with E-state index in [4.69, 9.17) is 27.9 Å². The van der Waals surface area contributed by atoms with Gasteiger partial charge in [0.25, 0.3) is 11.6 Å². The molecule has 22 heavy (non-hydrogen) atoms. The van der Waals surface area contributed by atoms with E-state index >= 15 is 0 Å². The van der Waals surface area contributed by atoms with Crippen molar-refractivity contribution in [2.45, 2.75) is 0 Å². The number of nitrogens with zero attached hydrogens (tertiary/aromatic N) is 1. The number of hydrogen-bond acceptors (Lipinski definition) is 4. The Labute approximate surface area is 135 Å². The van der Waals surface area contributed by atoms with E-state index in [-0.39, 0.29) is 18.0 Å². The Bertz CT molecular complexity index is 722. The molecule has 1 N–H and O–H groups in total. The van der Waals surface area contributed by atoms with Crippen LogP contribution in [0.15, 0.2) is 42.5 Å². The number of halogens is 2. The van der Waals surface area contributed by atoms with E-state index in [0.717, 1.165) is 0 Å². The van der Waals surface area contributed by atoms with Gasteiger partial charge >= 0.3 is 0 Å². The highest BCUT2D eigenvalue weighted by atomic mass is 35.5. The maximum Gasteiger partial charge on any atom is 0.292 e. The van der Waals surface area contributed by atoms with E-state index in [2.05, 4.69) is 5.32 Å². The molecule has 0 heterocycles. The fourth-order valence-corrected chi connectivity index (χ4v) is 1.93. The second-order valence-electron chi connectivity index (χ2n) is 4.19. The minimum absolute atomic E-state index is 0.107. The Balaban J connectivity index is 1.99. The van der Waals surface area contributed by atoms with Crippen molar-refractivity contribution in [2.24, 2.45) is 0 Å². The van der Waals surface area contributed by atoms with Crippen LogP contribution >= 0.6 is 23.2 Å². The molecule has 0 aliphatic rings. The normalized spacial score (nSPS) is 10.1. The van der Waals surface area contributed by atoms with Gasteiger partial charge in [0.1, 0.15) is 11.4 Å². The highest BCUT2D eigenvalue weighted by molar-refractivity contribution is 6.42. The number of nitro groups is 1. The molecule has 6 nitrogen and oxygen atoms in total. The Kier molecular flexibility index (Phi) is 5.19. The molecule has 0 bridgehead atoms. The second-order valence-corrected chi connectivity index (χ2v) is 5.00. The largest absolute Gasteiger partial charge is 0.484 e. The zero-order valence-electron chi connectivity index (χ0n) is 11.1. The molecule has 0 aliphatic carbocycles. The Morgan fingerprint density at radius 1 is 1.18 bits per heavy atom. The van der Waals surface area contributed by atoms with Crippen molar-refractivity contribution in [3.05, 3.63) is 62.6 Å². The van der Waals surface area contributed by atoms with Crippen LogP contribution in [0.3, 0.4) is 0 Å². The van der Waals surface area contributed by atoms with Gasteiger partial charge in [-0.05, 0) is 18.2 Å². The fourth-order valence-electron chi connectivity index (χ4n) is 1.64. The second kappa shape index (κ2) is 7.11. The Morgan fingerprint density at radius 3 is 2.59 bits per heavy atom. The highest BCUT2D eigenvalue weighted by Gasteiger charge is 2.15. The first-order chi connectivity index (χ1) is 10.5. The first kappa shape index (κ1) is 16.1. The average molecular weight is 341 g/mol. The van der Waals surface area contributed by atoms with E-state index in [1.165, 1.54) is 24.3 Å². The fraction of sp³-hybridized carbons (Fsp3) is 0.0714. The molecular formula is C14H10Cl2N2O4. The van der Waals surface area contributed by atoms with Gasteiger partial charge < -0.3 is 10.1 Å². The number of benzene rings is 2. The minimum Gasteiger partial charge on any atom is -0.484 e. The lowest BCUT2D eigenvalue weighted by Crippen LogP contribution is -2.20. The van der Waals surface area contributed by atoms with Crippen LogP contribution in [-0.2, 0) is 4.79 Å². The summed E-state index contributed by atoms with van der Waals surface area (Å²) in [4.78, 5) is 22.1. The molecule has 0 fully saturated rings. The molecule has 0 unspecified atom stereocenters. The number of amides is 1. The number of carbonyl (C=O) groups is 1. The van der Waals surface area contributed by atoms with E-state index in [9.17, 15) is 14.9 Å². The summed E-state index contributed by atoms with van der Waals surface area (Å²) in [6, 6.07) is 10.4. The quantitative estimate of drug-likeness (QED) is 0.660. The summed E-state index contributed by atoms with van der Waals surface area (Å²) in [5, 5.41) is 13.9. The first-order valence-electron chi connectivity index (χ1n) is 6.08. The summed E-state index contributed by atoms with van der Waals surface area (Å²) in [6.45, 7) is -0.315. The predicted molar refractivity (Wildman–Crippen MR) is 83.7 cm³/mol. The van der Waals surface area contributed by atoms with Crippen molar-refractivity contribution < 1.29 is 14.5 Å². The molecule has 0 aromatic heterocycles. The third kappa shape index (κ3) is 4.09. The SMILES string of the molecule is O=C(COc1ccc(Cl)c(Cl)c1)Nc1ccccc1[N+](=O)[O-]. The van der Waals surface area contributed by atoms with Crippen LogP contribution < -0.4 is 10.1 Å². The number of rotatable bonds is 5. The van der Waals surface area contributed by atoms with Gasteiger partial charge in [-0.25, -0.2) is 0 Å². The van der Waals surface area contributed by atoms with Gasteiger partial charge in [0.05, 0.1) is 15.0 Å². The molecule has 2 rings (SSSR count). The lowest BCUT2D eigenvalue weighted by Gasteiger charge is -2.08. The van der Waals surface area contributed by atoms with Crippen molar-refractivity contribution >= 4 is 40.5 Å². The number of anilines is 1. The van der Waals surface area contributed by atoms with Gasteiger partial charge in [-0.2, -0.15) is 0 Å². The van der Waals surface area contributed by atoms with Gasteiger partial charge in [-0.3, -0.25) is 14.9 Å². The molecule has 2 aromatic carbocycles. The van der Waals surface area contributed by atoms with Crippen molar-refractivity contribution in [1.82, 2.24) is 0 Å². The Morgan fingerprint density at radius 2 is 1.91 bits per heavy atom. The highest BCUT2D eigenvalue weighted by Crippen LogP contribution is 2.26. The topological polar surface area (TPSA) is 81.5 Å². The molecule has 0 saturated heterocycles. The van der Waals surface area contributed by atoms with Gasteiger partial charge in [0.2, 0.25) is 0 Å². The van der Waals surface area contributed by atoms with Crippen LogP contribution in [0.25, 0.3) is 0 Å². The third-order valence-corrected chi connectivity index (χ3v) is 3.37. The van der Waals surface area contributed by atoms with Crippen LogP contribution in [0.4, 0.5) is 11.4 Å². The molecule has 0 atom stereocenters. The van der Waals surface area contributed by atoms with Gasteiger partial charge in [0.15, 0.2) is 6.61 Å². The lowest BCUT2D eigenvalue weighted by atomic mass is 10.2. The summed E-state index contributed by atoms with van der Waals surface area (Å²) in [5.41, 5.74) is -0.0828. The van der Waals surface area contributed by atoms with Crippen LogP contribution in [-0.4, -0.2) is 17.4 Å². The summed E-state index contributed by atoms with van der Waals surface area (Å²) in [5.74, 6) is -0.160. The molecule has 0 aliphatic heterocycles. The summed E-state index contributed by atoms with van der Waals surface area (Å²) < 4.78 is 5.25. The zero-order chi connectivity index (χ0) is 16.1. The number of hydrogen-bond donors (Lipinski definition) is 1. The van der Waals surface area contributed by atoms with Gasteiger partial charge in [-0.15, -0.1) is 0 Å². The molecule has 1 amide bonds. The first-order valence-corrected chi connectivity index (χ1v) is 6.84.